The molecule has 0 spiro atoms. The van der Waals surface area contributed by atoms with Gasteiger partial charge in [0.15, 0.2) is 0 Å². The van der Waals surface area contributed by atoms with Crippen LogP contribution in [0.4, 0.5) is 23.2 Å². The summed E-state index contributed by atoms with van der Waals surface area (Å²) in [5.74, 6) is 0.283. The summed E-state index contributed by atoms with van der Waals surface area (Å²) in [5, 5.41) is 15.8. The first-order valence-corrected chi connectivity index (χ1v) is 10.4. The number of piperazine rings is 1. The number of anilines is 4. The molecular weight excluding hydrogens is 406 g/mol. The highest BCUT2D eigenvalue weighted by atomic mass is 16.4. The number of aromatic nitrogens is 3. The van der Waals surface area contributed by atoms with E-state index in [1.807, 2.05) is 54.6 Å². The summed E-state index contributed by atoms with van der Waals surface area (Å²) in [7, 11) is 2.11. The second-order valence-electron chi connectivity index (χ2n) is 7.75. The largest absolute Gasteiger partial charge is 0.399 e. The van der Waals surface area contributed by atoms with E-state index in [0.717, 1.165) is 48.5 Å². The van der Waals surface area contributed by atoms with Gasteiger partial charge in [-0.3, -0.25) is 4.79 Å². The van der Waals surface area contributed by atoms with Crippen molar-refractivity contribution in [2.45, 2.75) is 0 Å². The number of carbonyl (C=O) groups excluding carboxylic acids is 1. The number of pyridine rings is 1. The lowest BCUT2D eigenvalue weighted by molar-refractivity contribution is 0.0991. The number of likely N-dealkylation sites (N-methyl/N-ethyl adjacent to an activating group) is 1. The molecule has 2 aromatic heterocycles. The van der Waals surface area contributed by atoms with E-state index >= 15 is 0 Å². The summed E-state index contributed by atoms with van der Waals surface area (Å²) in [6, 6.07) is 17.8. The zero-order valence-electron chi connectivity index (χ0n) is 17.7. The van der Waals surface area contributed by atoms with Gasteiger partial charge in [0.05, 0.1) is 11.9 Å². The fraction of sp³-hybridized carbons (Fsp3) is 0.217. The number of carbonyl (C=O) groups is 1. The highest BCUT2D eigenvalue weighted by Gasteiger charge is 2.17. The Morgan fingerprint density at radius 3 is 2.50 bits per heavy atom. The number of nitrogens with zero attached hydrogens (tertiary/aromatic N) is 5. The molecular formula is C23H23N7O2. The number of hydrogen-bond donors (Lipinski definition) is 2. The van der Waals surface area contributed by atoms with Crippen molar-refractivity contribution in [3.8, 4) is 0 Å². The molecule has 32 heavy (non-hydrogen) atoms. The molecule has 3 heterocycles. The minimum Gasteiger partial charge on any atom is -0.399 e. The van der Waals surface area contributed by atoms with Crippen LogP contribution < -0.4 is 15.5 Å². The molecule has 162 valence electrons. The predicted molar refractivity (Wildman–Crippen MR) is 123 cm³/mol. The molecule has 0 saturated carbocycles. The first-order chi connectivity index (χ1) is 15.6. The Balaban J connectivity index is 1.21. The Bertz CT molecular complexity index is 1230. The van der Waals surface area contributed by atoms with E-state index < -0.39 is 5.91 Å². The van der Waals surface area contributed by atoms with Crippen LogP contribution in [0.5, 0.6) is 0 Å². The van der Waals surface area contributed by atoms with Crippen LogP contribution in [-0.4, -0.2) is 59.2 Å². The average molecular weight is 429 g/mol. The predicted octanol–water partition coefficient (Wildman–Crippen LogP) is 3.37. The van der Waals surface area contributed by atoms with E-state index in [4.69, 9.17) is 4.42 Å². The first kappa shape index (κ1) is 20.0. The Hall–Kier alpha value is -3.98. The quantitative estimate of drug-likeness (QED) is 0.498. The number of fused-ring (bicyclic) bond motifs is 1. The summed E-state index contributed by atoms with van der Waals surface area (Å²) in [5.41, 5.74) is 1.36. The van der Waals surface area contributed by atoms with Gasteiger partial charge in [-0.2, -0.15) is 0 Å². The lowest BCUT2D eigenvalue weighted by Crippen LogP contribution is -2.44. The van der Waals surface area contributed by atoms with Crippen LogP contribution in [0.15, 0.2) is 65.2 Å². The summed E-state index contributed by atoms with van der Waals surface area (Å²) in [6.07, 6.45) is 1.64. The van der Waals surface area contributed by atoms with Crippen LogP contribution in [0.2, 0.25) is 0 Å². The van der Waals surface area contributed by atoms with E-state index in [0.29, 0.717) is 5.69 Å². The Morgan fingerprint density at radius 2 is 1.72 bits per heavy atom. The van der Waals surface area contributed by atoms with E-state index in [1.54, 1.807) is 6.20 Å². The molecule has 4 aromatic rings. The number of rotatable bonds is 5. The van der Waals surface area contributed by atoms with E-state index in [-0.39, 0.29) is 11.9 Å². The van der Waals surface area contributed by atoms with Gasteiger partial charge in [-0.05, 0) is 42.1 Å². The third kappa shape index (κ3) is 4.37. The molecule has 0 aliphatic carbocycles. The van der Waals surface area contributed by atoms with Crippen molar-refractivity contribution >= 4 is 39.9 Å². The smallest absolute Gasteiger partial charge is 0.320 e. The molecule has 1 aliphatic heterocycles. The average Bonchev–Trinajstić information content (AvgIpc) is 3.29. The Labute approximate surface area is 185 Å². The molecule has 1 fully saturated rings. The van der Waals surface area contributed by atoms with Gasteiger partial charge in [0.2, 0.25) is 0 Å². The summed E-state index contributed by atoms with van der Waals surface area (Å²) in [6.45, 7) is 3.88. The molecule has 9 nitrogen and oxygen atoms in total. The van der Waals surface area contributed by atoms with Gasteiger partial charge in [0.25, 0.3) is 0 Å². The molecule has 2 aromatic carbocycles. The monoisotopic (exact) mass is 429 g/mol. The first-order valence-electron chi connectivity index (χ1n) is 10.4. The minimum absolute atomic E-state index is 0.128. The zero-order valence-corrected chi connectivity index (χ0v) is 17.7. The fourth-order valence-corrected chi connectivity index (χ4v) is 3.62. The second-order valence-corrected chi connectivity index (χ2v) is 7.75. The molecule has 1 aliphatic rings. The third-order valence-electron chi connectivity index (χ3n) is 5.45. The van der Waals surface area contributed by atoms with Gasteiger partial charge in [-0.15, -0.1) is 5.10 Å². The number of benzene rings is 2. The molecule has 0 atom stereocenters. The Kier molecular flexibility index (Phi) is 5.39. The van der Waals surface area contributed by atoms with Crippen LogP contribution in [0.25, 0.3) is 10.8 Å². The summed E-state index contributed by atoms with van der Waals surface area (Å²) >= 11 is 0. The summed E-state index contributed by atoms with van der Waals surface area (Å²) < 4.78 is 5.48. The van der Waals surface area contributed by atoms with Gasteiger partial charge < -0.3 is 24.9 Å². The van der Waals surface area contributed by atoms with E-state index in [1.165, 1.54) is 0 Å². The van der Waals surface area contributed by atoms with Crippen LogP contribution >= 0.6 is 0 Å². The lowest BCUT2D eigenvalue weighted by atomic mass is 10.1. The third-order valence-corrected chi connectivity index (χ3v) is 5.45. The lowest BCUT2D eigenvalue weighted by Gasteiger charge is -2.33. The number of amides is 1. The van der Waals surface area contributed by atoms with Gasteiger partial charge in [-0.1, -0.05) is 35.4 Å². The maximum atomic E-state index is 12.5. The van der Waals surface area contributed by atoms with Gasteiger partial charge in [0.1, 0.15) is 5.82 Å². The van der Waals surface area contributed by atoms with Crippen LogP contribution in [0.1, 0.15) is 10.7 Å². The fourth-order valence-electron chi connectivity index (χ4n) is 3.62. The highest BCUT2D eigenvalue weighted by Crippen LogP contribution is 2.22. The number of hydrogen-bond acceptors (Lipinski definition) is 8. The van der Waals surface area contributed by atoms with Crippen molar-refractivity contribution < 1.29 is 9.21 Å². The van der Waals surface area contributed by atoms with Gasteiger partial charge in [-0.25, -0.2) is 4.98 Å². The topological polar surface area (TPSA) is 99.4 Å². The van der Waals surface area contributed by atoms with Crippen molar-refractivity contribution in [2.24, 2.45) is 0 Å². The second kappa shape index (κ2) is 8.64. The molecule has 0 bridgehead atoms. The van der Waals surface area contributed by atoms with Crippen LogP contribution in [-0.2, 0) is 0 Å². The minimum atomic E-state index is -0.488. The SMILES string of the molecule is CN1CCN(c2ccc(NC(=O)c3nnc(Nc4ccc5ccccc5c4)o3)cn2)CC1. The normalized spacial score (nSPS) is 14.5. The molecule has 1 amide bonds. The van der Waals surface area contributed by atoms with Crippen molar-refractivity contribution in [2.75, 3.05) is 48.8 Å². The highest BCUT2D eigenvalue weighted by molar-refractivity contribution is 6.00. The van der Waals surface area contributed by atoms with Crippen molar-refractivity contribution in [3.05, 3.63) is 66.7 Å². The van der Waals surface area contributed by atoms with Gasteiger partial charge in [0, 0.05) is 31.9 Å². The maximum Gasteiger partial charge on any atom is 0.320 e. The van der Waals surface area contributed by atoms with E-state index in [2.05, 4.69) is 42.7 Å². The molecule has 0 unspecified atom stereocenters. The van der Waals surface area contributed by atoms with Crippen LogP contribution in [0, 0.1) is 0 Å². The molecule has 1 saturated heterocycles. The Morgan fingerprint density at radius 1 is 0.938 bits per heavy atom. The maximum absolute atomic E-state index is 12.5. The molecule has 9 heteroatoms. The van der Waals surface area contributed by atoms with Crippen molar-refractivity contribution in [1.29, 1.82) is 0 Å². The number of nitrogens with one attached hydrogen (secondary N) is 2. The van der Waals surface area contributed by atoms with E-state index in [9.17, 15) is 4.79 Å². The van der Waals surface area contributed by atoms with Crippen molar-refractivity contribution in [1.82, 2.24) is 20.1 Å². The molecule has 5 rings (SSSR count). The zero-order chi connectivity index (χ0) is 21.9. The van der Waals surface area contributed by atoms with Crippen molar-refractivity contribution in [3.63, 3.8) is 0 Å². The van der Waals surface area contributed by atoms with Gasteiger partial charge >= 0.3 is 17.8 Å². The standard InChI is InChI=1S/C23H23N7O2/c1-29-10-12-30(13-11-29)20-9-8-19(15-24-20)25-21(31)22-27-28-23(32-22)26-18-7-6-16-4-2-3-5-17(16)14-18/h2-9,14-15H,10-13H2,1H3,(H,25,31)(H,26,28). The molecule has 0 radical (unpaired) electrons. The van der Waals surface area contributed by atoms with Crippen LogP contribution in [0.3, 0.4) is 0 Å². The molecule has 2 N–H and O–H groups in total. The summed E-state index contributed by atoms with van der Waals surface area (Å²) in [4.78, 5) is 21.5.